The number of benzene rings is 1. The van der Waals surface area contributed by atoms with E-state index in [-0.39, 0.29) is 45.6 Å². The van der Waals surface area contributed by atoms with Gasteiger partial charge in [0.1, 0.15) is 12.1 Å². The molecule has 0 radical (unpaired) electrons. The van der Waals surface area contributed by atoms with Crippen molar-refractivity contribution in [2.75, 3.05) is 19.8 Å². The fraction of sp³-hybridized carbons (Fsp3) is 0.548. The first kappa shape index (κ1) is 38.4. The highest BCUT2D eigenvalue weighted by atomic mass is 32.1. The van der Waals surface area contributed by atoms with E-state index in [0.29, 0.717) is 0 Å². The average molecular weight is 701 g/mol. The minimum Gasteiger partial charge on any atom is -0.480 e. The predicted octanol–water partition coefficient (Wildman–Crippen LogP) is 2.74. The van der Waals surface area contributed by atoms with Gasteiger partial charge in [-0.3, -0.25) is 19.2 Å². The van der Waals surface area contributed by atoms with E-state index in [1.165, 1.54) is 4.90 Å². The maximum absolute atomic E-state index is 13.8. The van der Waals surface area contributed by atoms with Gasteiger partial charge in [0.2, 0.25) is 17.7 Å². The molecule has 0 spiro atoms. The second-order valence-corrected chi connectivity index (χ2v) is 13.5. The van der Waals surface area contributed by atoms with Crippen molar-refractivity contribution in [3.63, 3.8) is 0 Å². The molecule has 2 aliphatic rings. The van der Waals surface area contributed by atoms with Crippen LogP contribution in [-0.2, 0) is 35.3 Å². The highest BCUT2D eigenvalue weighted by Crippen LogP contribution is 2.33. The molecule has 2 aromatic rings. The largest absolute Gasteiger partial charge is 0.490 e. The zero-order chi connectivity index (χ0) is 36.0. The van der Waals surface area contributed by atoms with Gasteiger partial charge in [-0.15, -0.1) is 11.3 Å². The van der Waals surface area contributed by atoms with E-state index >= 15 is 0 Å². The molecular weight excluding hydrogens is 661 g/mol. The number of aryl methyl sites for hydroxylation is 1. The maximum atomic E-state index is 13.8. The van der Waals surface area contributed by atoms with Gasteiger partial charge in [-0.25, -0.2) is 9.78 Å². The van der Waals surface area contributed by atoms with Crippen LogP contribution in [0.4, 0.5) is 13.2 Å². The second kappa shape index (κ2) is 15.4. The molecule has 13 nitrogen and oxygen atoms in total. The van der Waals surface area contributed by atoms with E-state index in [4.69, 9.17) is 14.6 Å². The zero-order valence-electron chi connectivity index (χ0n) is 26.8. The standard InChI is InChI=1S/C29H38N4O7S.C2HF3O2/c1-17-22(41-16-31-17)19-7-5-18(6-8-19)14-30-24(35)21-13-20(34)15-33(21)25(36)23(28(2,3)4)32-26(37)29(27(38)39)9-11-40-12-10-29;3-2(4,5)1(6)7/h5-8,16,20-21,23,34H,9-15H2,1-4H3,(H,30,35)(H,32,37)(H,38,39);(H,6,7)/t20-,21+,23+;/m1./s1. The summed E-state index contributed by atoms with van der Waals surface area (Å²) in [5, 5.41) is 33.0. The summed E-state index contributed by atoms with van der Waals surface area (Å²) in [4.78, 5) is 68.1. The highest BCUT2D eigenvalue weighted by Gasteiger charge is 2.51. The zero-order valence-corrected chi connectivity index (χ0v) is 27.6. The van der Waals surface area contributed by atoms with Crippen LogP contribution in [0.15, 0.2) is 29.8 Å². The van der Waals surface area contributed by atoms with Crippen LogP contribution in [0.25, 0.3) is 10.4 Å². The van der Waals surface area contributed by atoms with Crippen molar-refractivity contribution in [2.45, 2.75) is 77.9 Å². The van der Waals surface area contributed by atoms with Gasteiger partial charge >= 0.3 is 18.1 Å². The maximum Gasteiger partial charge on any atom is 0.490 e. The number of aromatic nitrogens is 1. The molecule has 2 saturated heterocycles. The van der Waals surface area contributed by atoms with Crippen molar-refractivity contribution in [1.82, 2.24) is 20.5 Å². The van der Waals surface area contributed by atoms with Gasteiger partial charge < -0.3 is 35.6 Å². The summed E-state index contributed by atoms with van der Waals surface area (Å²) in [6.45, 7) is 7.64. The number of hydrogen-bond donors (Lipinski definition) is 5. The average Bonchev–Trinajstić information content (AvgIpc) is 3.63. The van der Waals surface area contributed by atoms with E-state index in [9.17, 15) is 42.6 Å². The van der Waals surface area contributed by atoms with Gasteiger partial charge in [0.05, 0.1) is 22.2 Å². The van der Waals surface area contributed by atoms with Crippen molar-refractivity contribution in [2.24, 2.45) is 10.8 Å². The summed E-state index contributed by atoms with van der Waals surface area (Å²) in [5.41, 5.74) is 2.16. The van der Waals surface area contributed by atoms with Gasteiger partial charge in [0.15, 0.2) is 5.41 Å². The molecule has 0 saturated carbocycles. The first-order valence-corrected chi connectivity index (χ1v) is 15.8. The lowest BCUT2D eigenvalue weighted by atomic mass is 9.78. The minimum atomic E-state index is -5.08. The Morgan fingerprint density at radius 2 is 1.67 bits per heavy atom. The molecular formula is C31H39F3N4O9S. The number of carbonyl (C=O) groups is 5. The number of nitrogens with one attached hydrogen (secondary N) is 2. The first-order chi connectivity index (χ1) is 22.3. The number of carboxylic acid groups (broad SMARTS) is 2. The molecule has 264 valence electrons. The van der Waals surface area contributed by atoms with Gasteiger partial charge in [0, 0.05) is 32.7 Å². The number of amides is 3. The van der Waals surface area contributed by atoms with E-state index in [0.717, 1.165) is 21.7 Å². The molecule has 17 heteroatoms. The summed E-state index contributed by atoms with van der Waals surface area (Å²) in [6, 6.07) is 5.72. The normalized spacial score (nSPS) is 19.8. The molecule has 0 bridgehead atoms. The topological polar surface area (TPSA) is 195 Å². The Labute approximate surface area is 278 Å². The second-order valence-electron chi connectivity index (χ2n) is 12.7. The van der Waals surface area contributed by atoms with Gasteiger partial charge in [-0.2, -0.15) is 13.2 Å². The van der Waals surface area contributed by atoms with E-state index in [1.807, 2.05) is 31.2 Å². The molecule has 4 rings (SSSR count). The monoisotopic (exact) mass is 700 g/mol. The van der Waals surface area contributed by atoms with Crippen LogP contribution in [-0.4, -0.2) is 99.0 Å². The molecule has 3 amide bonds. The molecule has 5 N–H and O–H groups in total. The Morgan fingerprint density at radius 3 is 2.15 bits per heavy atom. The number of ether oxygens (including phenoxy) is 1. The Morgan fingerprint density at radius 1 is 1.08 bits per heavy atom. The number of carbonyl (C=O) groups excluding carboxylic acids is 3. The first-order valence-electron chi connectivity index (χ1n) is 15.0. The quantitative estimate of drug-likeness (QED) is 0.256. The molecule has 0 aliphatic carbocycles. The van der Waals surface area contributed by atoms with Crippen LogP contribution in [0.3, 0.4) is 0 Å². The van der Waals surface area contributed by atoms with Crippen molar-refractivity contribution < 1.29 is 57.2 Å². The summed E-state index contributed by atoms with van der Waals surface area (Å²) < 4.78 is 37.0. The molecule has 2 aliphatic heterocycles. The number of aliphatic hydroxyl groups excluding tert-OH is 1. The fourth-order valence-electron chi connectivity index (χ4n) is 5.31. The summed E-state index contributed by atoms with van der Waals surface area (Å²) in [6.07, 6.45) is -5.94. The van der Waals surface area contributed by atoms with Crippen LogP contribution in [0.2, 0.25) is 0 Å². The highest BCUT2D eigenvalue weighted by molar-refractivity contribution is 7.13. The minimum absolute atomic E-state index is 0.00250. The molecule has 1 aromatic heterocycles. The van der Waals surface area contributed by atoms with Gasteiger partial charge in [0.25, 0.3) is 0 Å². The molecule has 3 heterocycles. The third-order valence-corrected chi connectivity index (χ3v) is 9.09. The predicted molar refractivity (Wildman–Crippen MR) is 165 cm³/mol. The molecule has 2 fully saturated rings. The number of hydrogen-bond acceptors (Lipinski definition) is 9. The lowest BCUT2D eigenvalue weighted by Gasteiger charge is -2.38. The number of carboxylic acids is 2. The number of thiazole rings is 1. The molecule has 48 heavy (non-hydrogen) atoms. The summed E-state index contributed by atoms with van der Waals surface area (Å²) >= 11 is 1.56. The van der Waals surface area contributed by atoms with Crippen LogP contribution in [0.1, 0.15) is 51.3 Å². The molecule has 1 aromatic carbocycles. The van der Waals surface area contributed by atoms with Crippen LogP contribution in [0.5, 0.6) is 0 Å². The molecule has 0 unspecified atom stereocenters. The fourth-order valence-corrected chi connectivity index (χ4v) is 6.12. The Balaban J connectivity index is 0.000000804. The van der Waals surface area contributed by atoms with Gasteiger partial charge in [-0.1, -0.05) is 45.0 Å². The summed E-state index contributed by atoms with van der Waals surface area (Å²) in [7, 11) is 0. The van der Waals surface area contributed by atoms with Crippen molar-refractivity contribution >= 4 is 41.0 Å². The van der Waals surface area contributed by atoms with Crippen LogP contribution >= 0.6 is 11.3 Å². The Bertz CT molecular complexity index is 1490. The number of aliphatic carboxylic acids is 2. The van der Waals surface area contributed by atoms with Crippen LogP contribution < -0.4 is 10.6 Å². The Hall–Kier alpha value is -4.09. The van der Waals surface area contributed by atoms with Gasteiger partial charge in [-0.05, 0) is 36.3 Å². The number of alkyl halides is 3. The smallest absolute Gasteiger partial charge is 0.480 e. The van der Waals surface area contributed by atoms with Crippen molar-refractivity contribution in [3.8, 4) is 10.4 Å². The number of halogens is 3. The number of rotatable bonds is 8. The number of β-amino-alcohol motifs (C(OH)–C–C–N with tert-alkyl or cyclic N) is 1. The Kier molecular flexibility index (Phi) is 12.3. The van der Waals surface area contributed by atoms with E-state index in [2.05, 4.69) is 15.6 Å². The van der Waals surface area contributed by atoms with Crippen LogP contribution in [0, 0.1) is 17.8 Å². The summed E-state index contributed by atoms with van der Waals surface area (Å²) in [5.74, 6) is -5.73. The SMILES string of the molecule is Cc1ncsc1-c1ccc(CNC(=O)[C@@H]2C[C@@H](O)CN2C(=O)[C@H](NC(=O)C2(C(=O)O)CCOCC2)C(C)(C)C)cc1.O=C(O)C(F)(F)F. The number of nitrogens with zero attached hydrogens (tertiary/aromatic N) is 2. The number of likely N-dealkylation sites (tertiary alicyclic amines) is 1. The van der Waals surface area contributed by atoms with E-state index < -0.39 is 64.9 Å². The lowest BCUT2D eigenvalue weighted by Crippen LogP contribution is -2.61. The lowest BCUT2D eigenvalue weighted by molar-refractivity contribution is -0.192. The van der Waals surface area contributed by atoms with E-state index in [1.54, 1.807) is 37.6 Å². The number of aliphatic hydroxyl groups is 1. The third kappa shape index (κ3) is 9.29. The van der Waals surface area contributed by atoms with Crippen molar-refractivity contribution in [3.05, 3.63) is 41.0 Å². The molecule has 3 atom stereocenters. The van der Waals surface area contributed by atoms with Crippen molar-refractivity contribution in [1.29, 1.82) is 0 Å². The third-order valence-electron chi connectivity index (χ3n) is 8.11.